The largest absolute Gasteiger partial charge is 0.511 e. The molecule has 3 aliphatic carbocycles. The van der Waals surface area contributed by atoms with E-state index in [0.717, 1.165) is 6.08 Å². The van der Waals surface area contributed by atoms with E-state index in [-0.39, 0.29) is 36.1 Å². The van der Waals surface area contributed by atoms with Crippen molar-refractivity contribution in [1.29, 1.82) is 0 Å². The fourth-order valence-electron chi connectivity index (χ4n) is 5.03. The molecule has 0 heterocycles. The lowest BCUT2D eigenvalue weighted by molar-refractivity contribution is -0.144. The third-order valence-electron chi connectivity index (χ3n) is 6.58. The Morgan fingerprint density at radius 2 is 1.88 bits per heavy atom. The fraction of sp³-hybridized carbons (Fsp3) is 0.304. The minimum atomic E-state index is -2.60. The van der Waals surface area contributed by atoms with Crippen LogP contribution in [-0.4, -0.2) is 56.6 Å². The van der Waals surface area contributed by atoms with Gasteiger partial charge in [-0.2, -0.15) is 0 Å². The van der Waals surface area contributed by atoms with Gasteiger partial charge in [-0.25, -0.2) is 4.79 Å². The standard InChI is InChI=1S/C23H21NO9/c1-33-15(27)5-3-9-2-4-13(25)17-12(9)7-10-6-11-8-14(26)18(22(24)31)21(30)23(11,32)20(29)16(10)19(17)28/h2-5,10-11,25-26,29,32H,6-8H2,1H3,(H2,24,31)/b5-3+/t10-,11+,23+/m1/s1. The summed E-state index contributed by atoms with van der Waals surface area (Å²) in [5, 5.41) is 42.7. The van der Waals surface area contributed by atoms with E-state index in [4.69, 9.17) is 5.73 Å². The van der Waals surface area contributed by atoms with E-state index in [1.807, 2.05) is 0 Å². The van der Waals surface area contributed by atoms with Crippen molar-refractivity contribution in [2.24, 2.45) is 17.6 Å². The summed E-state index contributed by atoms with van der Waals surface area (Å²) in [5.74, 6) is -7.47. The Morgan fingerprint density at radius 1 is 1.18 bits per heavy atom. The number of methoxy groups -OCH3 is 1. The topological polar surface area (TPSA) is 184 Å². The highest BCUT2D eigenvalue weighted by Gasteiger charge is 2.59. The van der Waals surface area contributed by atoms with Gasteiger partial charge in [-0.05, 0) is 42.0 Å². The van der Waals surface area contributed by atoms with Gasteiger partial charge >= 0.3 is 5.97 Å². The van der Waals surface area contributed by atoms with Gasteiger partial charge in [0.05, 0.1) is 12.7 Å². The van der Waals surface area contributed by atoms with Crippen LogP contribution in [0.1, 0.15) is 34.3 Å². The molecule has 0 saturated carbocycles. The van der Waals surface area contributed by atoms with Crippen LogP contribution in [0.25, 0.3) is 6.08 Å². The van der Waals surface area contributed by atoms with E-state index < -0.39 is 58.0 Å². The maximum atomic E-state index is 13.4. The van der Waals surface area contributed by atoms with Crippen LogP contribution in [-0.2, 0) is 25.5 Å². The third-order valence-corrected chi connectivity index (χ3v) is 6.58. The summed E-state index contributed by atoms with van der Waals surface area (Å²) in [4.78, 5) is 49.4. The number of phenols is 1. The van der Waals surface area contributed by atoms with Gasteiger partial charge in [0.2, 0.25) is 5.78 Å². The number of Topliss-reactive ketones (excluding diaryl/α,β-unsaturated/α-hetero) is 2. The summed E-state index contributed by atoms with van der Waals surface area (Å²) in [5.41, 5.74) is 2.27. The van der Waals surface area contributed by atoms with Crippen molar-refractivity contribution in [2.45, 2.75) is 24.9 Å². The predicted molar refractivity (Wildman–Crippen MR) is 112 cm³/mol. The Kier molecular flexibility index (Phi) is 5.13. The van der Waals surface area contributed by atoms with Crippen molar-refractivity contribution in [1.82, 2.24) is 0 Å². The number of aromatic hydroxyl groups is 1. The molecule has 0 aliphatic heterocycles. The minimum absolute atomic E-state index is 0.0265. The zero-order valence-corrected chi connectivity index (χ0v) is 17.5. The molecule has 172 valence electrons. The number of ketones is 2. The molecule has 1 amide bonds. The molecule has 0 aromatic heterocycles. The molecule has 0 fully saturated rings. The van der Waals surface area contributed by atoms with Crippen LogP contribution in [0, 0.1) is 11.8 Å². The SMILES string of the molecule is COC(=O)/C=C/c1ccc(O)c2c1C[C@H]1C[C@H]3CC(O)=C(C(N)=O)C(=O)[C@@]3(O)C(O)=C1C2=O. The summed E-state index contributed by atoms with van der Waals surface area (Å²) in [7, 11) is 1.21. The average molecular weight is 455 g/mol. The van der Waals surface area contributed by atoms with E-state index >= 15 is 0 Å². The number of rotatable bonds is 3. The van der Waals surface area contributed by atoms with Crippen LogP contribution < -0.4 is 5.73 Å². The maximum Gasteiger partial charge on any atom is 0.330 e. The summed E-state index contributed by atoms with van der Waals surface area (Å²) >= 11 is 0. The quantitative estimate of drug-likeness (QED) is 0.249. The molecule has 3 aliphatic rings. The molecule has 0 spiro atoms. The molecule has 0 bridgehead atoms. The fourth-order valence-corrected chi connectivity index (χ4v) is 5.03. The molecule has 10 nitrogen and oxygen atoms in total. The van der Waals surface area contributed by atoms with Crippen LogP contribution in [0.4, 0.5) is 0 Å². The smallest absolute Gasteiger partial charge is 0.330 e. The number of aliphatic hydroxyl groups is 3. The van der Waals surface area contributed by atoms with Crippen molar-refractivity contribution in [3.63, 3.8) is 0 Å². The molecule has 0 unspecified atom stereocenters. The number of nitrogens with two attached hydrogens (primary N) is 1. The van der Waals surface area contributed by atoms with Crippen LogP contribution in [0.5, 0.6) is 5.75 Å². The first-order valence-corrected chi connectivity index (χ1v) is 10.1. The second-order valence-electron chi connectivity index (χ2n) is 8.29. The Balaban J connectivity index is 1.87. The van der Waals surface area contributed by atoms with E-state index in [1.54, 1.807) is 0 Å². The second kappa shape index (κ2) is 7.59. The summed E-state index contributed by atoms with van der Waals surface area (Å²) in [6.45, 7) is 0. The maximum absolute atomic E-state index is 13.4. The van der Waals surface area contributed by atoms with Crippen LogP contribution in [0.2, 0.25) is 0 Å². The highest BCUT2D eigenvalue weighted by atomic mass is 16.5. The number of ether oxygens (including phenoxy) is 1. The van der Waals surface area contributed by atoms with Crippen LogP contribution in [0.3, 0.4) is 0 Å². The number of aliphatic hydroxyl groups excluding tert-OH is 2. The lowest BCUT2D eigenvalue weighted by Gasteiger charge is -2.45. The molecule has 1 aromatic carbocycles. The van der Waals surface area contributed by atoms with Gasteiger partial charge < -0.3 is 30.9 Å². The Labute approximate surface area is 187 Å². The normalized spacial score (nSPS) is 26.7. The Bertz CT molecular complexity index is 1220. The number of esters is 1. The van der Waals surface area contributed by atoms with Gasteiger partial charge in [0.1, 0.15) is 22.8 Å². The van der Waals surface area contributed by atoms with Gasteiger partial charge in [0.25, 0.3) is 5.91 Å². The average Bonchev–Trinajstić information content (AvgIpc) is 2.75. The molecular weight excluding hydrogens is 434 g/mol. The van der Waals surface area contributed by atoms with Crippen LogP contribution >= 0.6 is 0 Å². The monoisotopic (exact) mass is 455 g/mol. The predicted octanol–water partition coefficient (Wildman–Crippen LogP) is 0.767. The summed E-state index contributed by atoms with van der Waals surface area (Å²) in [6, 6.07) is 2.77. The lowest BCUT2D eigenvalue weighted by atomic mass is 9.60. The number of hydrogen-bond acceptors (Lipinski definition) is 9. The first kappa shape index (κ1) is 22.3. The van der Waals surface area contributed by atoms with Crippen molar-refractivity contribution < 1.29 is 44.3 Å². The lowest BCUT2D eigenvalue weighted by Crippen LogP contribution is -2.57. The number of primary amides is 1. The van der Waals surface area contributed by atoms with E-state index in [0.29, 0.717) is 11.1 Å². The van der Waals surface area contributed by atoms with E-state index in [1.165, 1.54) is 25.3 Å². The molecule has 1 aromatic rings. The van der Waals surface area contributed by atoms with Gasteiger partial charge in [0.15, 0.2) is 11.4 Å². The van der Waals surface area contributed by atoms with Gasteiger partial charge in [0, 0.05) is 24.0 Å². The molecule has 3 atom stereocenters. The molecule has 6 N–H and O–H groups in total. The number of phenolic OH excluding ortho intramolecular Hbond substituents is 1. The Morgan fingerprint density at radius 3 is 2.52 bits per heavy atom. The first-order valence-electron chi connectivity index (χ1n) is 10.1. The van der Waals surface area contributed by atoms with Crippen LogP contribution in [0.15, 0.2) is 40.9 Å². The number of fused-ring (bicyclic) bond motifs is 3. The molecule has 4 rings (SSSR count). The first-order chi connectivity index (χ1) is 15.5. The highest BCUT2D eigenvalue weighted by molar-refractivity contribution is 6.24. The molecule has 10 heteroatoms. The van der Waals surface area contributed by atoms with Gasteiger partial charge in [-0.1, -0.05) is 6.07 Å². The van der Waals surface area contributed by atoms with E-state index in [9.17, 15) is 39.6 Å². The molecule has 0 radical (unpaired) electrons. The van der Waals surface area contributed by atoms with Crippen molar-refractivity contribution >= 4 is 29.5 Å². The number of carbonyl (C=O) groups is 4. The van der Waals surface area contributed by atoms with Crippen molar-refractivity contribution in [3.05, 3.63) is 57.6 Å². The number of allylic oxidation sites excluding steroid dienone is 2. The zero-order chi connectivity index (χ0) is 24.2. The molecule has 0 saturated heterocycles. The van der Waals surface area contributed by atoms with Crippen molar-refractivity contribution in [2.75, 3.05) is 7.11 Å². The highest BCUT2D eigenvalue weighted by Crippen LogP contribution is 2.51. The number of hydrogen-bond donors (Lipinski definition) is 5. The Hall–Kier alpha value is -3.92. The second-order valence-corrected chi connectivity index (χ2v) is 8.29. The van der Waals surface area contributed by atoms with Gasteiger partial charge in [-0.3, -0.25) is 14.4 Å². The van der Waals surface area contributed by atoms with Gasteiger partial charge in [-0.15, -0.1) is 0 Å². The summed E-state index contributed by atoms with van der Waals surface area (Å²) < 4.78 is 4.57. The number of benzene rings is 1. The zero-order valence-electron chi connectivity index (χ0n) is 17.5. The van der Waals surface area contributed by atoms with E-state index in [2.05, 4.69) is 4.74 Å². The minimum Gasteiger partial charge on any atom is -0.511 e. The number of carbonyl (C=O) groups excluding carboxylic acids is 4. The molecule has 33 heavy (non-hydrogen) atoms. The number of amides is 1. The summed E-state index contributed by atoms with van der Waals surface area (Å²) in [6.07, 6.45) is 2.46. The van der Waals surface area contributed by atoms with Crippen molar-refractivity contribution in [3.8, 4) is 5.75 Å². The third kappa shape index (κ3) is 3.13. The molecular formula is C23H21NO9.